The van der Waals surface area contributed by atoms with Crippen LogP contribution in [0, 0.1) is 5.92 Å². The molecule has 0 aliphatic carbocycles. The Hall–Kier alpha value is -0.610. The maximum atomic E-state index is 5.53. The monoisotopic (exact) mass is 229 g/mol. The minimum Gasteiger partial charge on any atom is -0.392 e. The molecule has 16 heavy (non-hydrogen) atoms. The Morgan fingerprint density at radius 2 is 1.94 bits per heavy atom. The summed E-state index contributed by atoms with van der Waals surface area (Å²) in [6, 6.07) is 0. The summed E-state index contributed by atoms with van der Waals surface area (Å²) in [5.74, 6) is 0.428. The third-order valence-electron chi connectivity index (χ3n) is 2.96. The Morgan fingerprint density at radius 1 is 1.19 bits per heavy atom. The van der Waals surface area contributed by atoms with Crippen molar-refractivity contribution in [2.75, 3.05) is 26.9 Å². The standard InChI is InChI=1S/C12H23NO3/c1-10-11(2)16-13-12(10)6-9-15-8-5-4-7-14-3/h10-11H,4-9H2,1-3H3. The van der Waals surface area contributed by atoms with Crippen molar-refractivity contribution in [3.8, 4) is 0 Å². The van der Waals surface area contributed by atoms with Gasteiger partial charge in [0.2, 0.25) is 0 Å². The molecular formula is C12H23NO3. The van der Waals surface area contributed by atoms with E-state index < -0.39 is 0 Å². The fourth-order valence-electron chi connectivity index (χ4n) is 1.60. The van der Waals surface area contributed by atoms with E-state index in [1.807, 2.05) is 6.92 Å². The molecule has 0 N–H and O–H groups in total. The molecule has 0 aromatic carbocycles. The van der Waals surface area contributed by atoms with E-state index in [4.69, 9.17) is 14.3 Å². The number of nitrogens with zero attached hydrogens (tertiary/aromatic N) is 1. The summed E-state index contributed by atoms with van der Waals surface area (Å²) >= 11 is 0. The van der Waals surface area contributed by atoms with Crippen LogP contribution in [0.5, 0.6) is 0 Å². The molecule has 0 saturated heterocycles. The number of rotatable bonds is 8. The van der Waals surface area contributed by atoms with Crippen LogP contribution in [0.15, 0.2) is 5.16 Å². The average Bonchev–Trinajstić information content (AvgIpc) is 2.59. The van der Waals surface area contributed by atoms with Gasteiger partial charge in [0, 0.05) is 32.7 Å². The zero-order valence-corrected chi connectivity index (χ0v) is 10.6. The molecule has 0 bridgehead atoms. The van der Waals surface area contributed by atoms with Crippen molar-refractivity contribution in [3.05, 3.63) is 0 Å². The molecule has 2 unspecified atom stereocenters. The number of oxime groups is 1. The number of ether oxygens (including phenoxy) is 2. The van der Waals surface area contributed by atoms with Crippen molar-refractivity contribution in [1.29, 1.82) is 0 Å². The molecule has 0 aromatic heterocycles. The first-order chi connectivity index (χ1) is 7.75. The molecule has 1 rings (SSSR count). The Kier molecular flexibility index (Phi) is 6.42. The van der Waals surface area contributed by atoms with Gasteiger partial charge in [0.1, 0.15) is 6.10 Å². The van der Waals surface area contributed by atoms with Crippen LogP contribution in [0.1, 0.15) is 33.1 Å². The number of methoxy groups -OCH3 is 1. The van der Waals surface area contributed by atoms with Crippen LogP contribution >= 0.6 is 0 Å². The van der Waals surface area contributed by atoms with Crippen LogP contribution in [-0.4, -0.2) is 38.7 Å². The van der Waals surface area contributed by atoms with Crippen LogP contribution in [0.25, 0.3) is 0 Å². The average molecular weight is 229 g/mol. The molecular weight excluding hydrogens is 206 g/mol. The highest BCUT2D eigenvalue weighted by Crippen LogP contribution is 2.19. The second-order valence-corrected chi connectivity index (χ2v) is 4.24. The van der Waals surface area contributed by atoms with Crippen LogP contribution < -0.4 is 0 Å². The largest absolute Gasteiger partial charge is 0.392 e. The minimum absolute atomic E-state index is 0.219. The molecule has 0 radical (unpaired) electrons. The Morgan fingerprint density at radius 3 is 2.56 bits per heavy atom. The van der Waals surface area contributed by atoms with E-state index in [0.717, 1.165) is 44.8 Å². The fourth-order valence-corrected chi connectivity index (χ4v) is 1.60. The van der Waals surface area contributed by atoms with Gasteiger partial charge >= 0.3 is 0 Å². The van der Waals surface area contributed by atoms with E-state index in [-0.39, 0.29) is 6.10 Å². The van der Waals surface area contributed by atoms with Gasteiger partial charge in [0.25, 0.3) is 0 Å². The van der Waals surface area contributed by atoms with Gasteiger partial charge in [0.05, 0.1) is 12.3 Å². The zero-order valence-electron chi connectivity index (χ0n) is 10.6. The van der Waals surface area contributed by atoms with Crippen molar-refractivity contribution in [2.24, 2.45) is 11.1 Å². The molecule has 1 aliphatic rings. The summed E-state index contributed by atoms with van der Waals surface area (Å²) in [5, 5.41) is 4.06. The second kappa shape index (κ2) is 7.63. The predicted molar refractivity (Wildman–Crippen MR) is 63.7 cm³/mol. The highest BCUT2D eigenvalue weighted by atomic mass is 16.6. The highest BCUT2D eigenvalue weighted by Gasteiger charge is 2.25. The smallest absolute Gasteiger partial charge is 0.132 e. The first kappa shape index (κ1) is 13.5. The van der Waals surface area contributed by atoms with Crippen molar-refractivity contribution in [3.63, 3.8) is 0 Å². The Bertz CT molecular complexity index is 218. The van der Waals surface area contributed by atoms with Crippen LogP contribution in [0.4, 0.5) is 0 Å². The van der Waals surface area contributed by atoms with E-state index in [2.05, 4.69) is 12.1 Å². The molecule has 94 valence electrons. The molecule has 0 aromatic rings. The van der Waals surface area contributed by atoms with Crippen molar-refractivity contribution in [1.82, 2.24) is 0 Å². The molecule has 1 heterocycles. The lowest BCUT2D eigenvalue weighted by Crippen LogP contribution is -2.18. The zero-order chi connectivity index (χ0) is 11.8. The molecule has 2 atom stereocenters. The van der Waals surface area contributed by atoms with Gasteiger partial charge in [-0.2, -0.15) is 0 Å². The second-order valence-electron chi connectivity index (χ2n) is 4.24. The lowest BCUT2D eigenvalue weighted by molar-refractivity contribution is 0.0799. The molecule has 0 saturated carbocycles. The summed E-state index contributed by atoms with van der Waals surface area (Å²) in [4.78, 5) is 5.20. The summed E-state index contributed by atoms with van der Waals surface area (Å²) in [7, 11) is 1.72. The van der Waals surface area contributed by atoms with E-state index in [1.165, 1.54) is 0 Å². The minimum atomic E-state index is 0.219. The molecule has 0 amide bonds. The van der Waals surface area contributed by atoms with E-state index in [1.54, 1.807) is 7.11 Å². The van der Waals surface area contributed by atoms with Gasteiger partial charge in [-0.05, 0) is 19.8 Å². The molecule has 4 nitrogen and oxygen atoms in total. The summed E-state index contributed by atoms with van der Waals surface area (Å²) < 4.78 is 10.5. The normalized spacial score (nSPS) is 24.3. The van der Waals surface area contributed by atoms with Gasteiger partial charge < -0.3 is 14.3 Å². The first-order valence-corrected chi connectivity index (χ1v) is 6.05. The Labute approximate surface area is 97.9 Å². The van der Waals surface area contributed by atoms with Crippen LogP contribution in [-0.2, 0) is 14.3 Å². The third-order valence-corrected chi connectivity index (χ3v) is 2.96. The lowest BCUT2D eigenvalue weighted by Gasteiger charge is -2.09. The summed E-state index contributed by atoms with van der Waals surface area (Å²) in [6.07, 6.45) is 3.23. The number of unbranched alkanes of at least 4 members (excludes halogenated alkanes) is 1. The SMILES string of the molecule is COCCCCOCCC1=NOC(C)C1C. The van der Waals surface area contributed by atoms with Crippen LogP contribution in [0.2, 0.25) is 0 Å². The molecule has 1 aliphatic heterocycles. The van der Waals surface area contributed by atoms with E-state index >= 15 is 0 Å². The van der Waals surface area contributed by atoms with Crippen molar-refractivity contribution < 1.29 is 14.3 Å². The summed E-state index contributed by atoms with van der Waals surface area (Å²) in [6.45, 7) is 6.56. The molecule has 4 heteroatoms. The van der Waals surface area contributed by atoms with Crippen LogP contribution in [0.3, 0.4) is 0 Å². The van der Waals surface area contributed by atoms with Gasteiger partial charge in [-0.1, -0.05) is 12.1 Å². The third kappa shape index (κ3) is 4.49. The lowest BCUT2D eigenvalue weighted by atomic mass is 9.99. The Balaban J connectivity index is 1.95. The highest BCUT2D eigenvalue weighted by molar-refractivity contribution is 5.87. The number of hydrogen-bond acceptors (Lipinski definition) is 4. The topological polar surface area (TPSA) is 40.0 Å². The van der Waals surface area contributed by atoms with Gasteiger partial charge in [-0.25, -0.2) is 0 Å². The van der Waals surface area contributed by atoms with E-state index in [9.17, 15) is 0 Å². The maximum Gasteiger partial charge on any atom is 0.132 e. The number of hydrogen-bond donors (Lipinski definition) is 0. The van der Waals surface area contributed by atoms with Gasteiger partial charge in [0.15, 0.2) is 0 Å². The van der Waals surface area contributed by atoms with Gasteiger partial charge in [-0.15, -0.1) is 0 Å². The van der Waals surface area contributed by atoms with Crippen molar-refractivity contribution >= 4 is 5.71 Å². The van der Waals surface area contributed by atoms with E-state index in [0.29, 0.717) is 5.92 Å². The first-order valence-electron chi connectivity index (χ1n) is 6.05. The quantitative estimate of drug-likeness (QED) is 0.599. The fraction of sp³-hybridized carbons (Fsp3) is 0.917. The molecule has 0 spiro atoms. The predicted octanol–water partition coefficient (Wildman–Crippen LogP) is 2.23. The molecule has 0 fully saturated rings. The maximum absolute atomic E-state index is 5.53. The van der Waals surface area contributed by atoms with Gasteiger partial charge in [-0.3, -0.25) is 0 Å². The van der Waals surface area contributed by atoms with Crippen molar-refractivity contribution in [2.45, 2.75) is 39.2 Å². The summed E-state index contributed by atoms with van der Waals surface area (Å²) in [5.41, 5.74) is 1.13.